The molecule has 1 N–H and O–H groups in total. The highest BCUT2D eigenvalue weighted by Gasteiger charge is 2.61. The largest absolute Gasteiger partial charge is 0.523 e. The van der Waals surface area contributed by atoms with Crippen molar-refractivity contribution in [1.29, 1.82) is 5.26 Å². The van der Waals surface area contributed by atoms with E-state index in [0.717, 1.165) is 5.56 Å². The lowest BCUT2D eigenvalue weighted by atomic mass is 10.0. The number of ether oxygens (including phenoxy) is 1. The standard InChI is InChI=1S/C27H31F4N5O8S2/c1-25(2,16-43-20(28)14-44-46(41,42)27(29,30)31)45(39,40)26(9-10-26)15-36-11-8-19-21(34-35(3)22(19)24(36)38)23(37)33-13-18-6-4-17(12-32)5-7-18/h4-7,20H,8-11,13-16H2,1-3H3,(H,33,37). The van der Waals surface area contributed by atoms with Crippen LogP contribution >= 0.6 is 0 Å². The molecule has 1 aromatic heterocycles. The minimum absolute atomic E-state index is 0.0546. The van der Waals surface area contributed by atoms with Gasteiger partial charge in [0, 0.05) is 32.2 Å². The molecule has 19 heteroatoms. The van der Waals surface area contributed by atoms with E-state index in [1.807, 2.05) is 6.07 Å². The monoisotopic (exact) mass is 693 g/mol. The summed E-state index contributed by atoms with van der Waals surface area (Å²) >= 11 is 0. The van der Waals surface area contributed by atoms with Gasteiger partial charge in [0.2, 0.25) is 6.36 Å². The molecule has 2 amide bonds. The van der Waals surface area contributed by atoms with E-state index >= 15 is 0 Å². The molecule has 2 aromatic rings. The molecule has 13 nitrogen and oxygen atoms in total. The molecule has 0 radical (unpaired) electrons. The zero-order valence-corrected chi connectivity index (χ0v) is 26.6. The average molecular weight is 694 g/mol. The maximum atomic E-state index is 14.1. The first-order valence-corrected chi connectivity index (χ1v) is 16.7. The molecular weight excluding hydrogens is 662 g/mol. The third-order valence-corrected chi connectivity index (χ3v) is 12.1. The zero-order valence-electron chi connectivity index (χ0n) is 24.9. The number of hydrogen-bond donors (Lipinski definition) is 1. The van der Waals surface area contributed by atoms with Crippen LogP contribution in [0.4, 0.5) is 17.6 Å². The maximum absolute atomic E-state index is 14.1. The van der Waals surface area contributed by atoms with Gasteiger partial charge in [-0.25, -0.2) is 12.8 Å². The number of carbonyl (C=O) groups is 2. The quantitative estimate of drug-likeness (QED) is 0.186. The van der Waals surface area contributed by atoms with E-state index in [-0.39, 0.29) is 50.3 Å². The number of sulfone groups is 1. The van der Waals surface area contributed by atoms with Crippen molar-refractivity contribution < 1.29 is 52.9 Å². The number of rotatable bonds is 13. The molecule has 2 aliphatic rings. The Morgan fingerprint density at radius 3 is 2.37 bits per heavy atom. The maximum Gasteiger partial charge on any atom is 0.523 e. The third kappa shape index (κ3) is 6.89. The number of hydrogen-bond acceptors (Lipinski definition) is 10. The summed E-state index contributed by atoms with van der Waals surface area (Å²) in [6.45, 7) is -0.000466. The number of amides is 2. The summed E-state index contributed by atoms with van der Waals surface area (Å²) in [5.41, 5.74) is -3.97. The molecule has 2 heterocycles. The van der Waals surface area contributed by atoms with Crippen molar-refractivity contribution in [2.75, 3.05) is 26.3 Å². The van der Waals surface area contributed by atoms with Crippen LogP contribution < -0.4 is 5.32 Å². The molecule has 252 valence electrons. The first kappa shape index (κ1) is 35.3. The average Bonchev–Trinajstić information content (AvgIpc) is 3.70. The van der Waals surface area contributed by atoms with Crippen molar-refractivity contribution in [3.8, 4) is 6.07 Å². The first-order valence-electron chi connectivity index (χ1n) is 13.8. The van der Waals surface area contributed by atoms with Crippen molar-refractivity contribution in [3.05, 3.63) is 52.3 Å². The first-order chi connectivity index (χ1) is 21.2. The summed E-state index contributed by atoms with van der Waals surface area (Å²) in [6, 6.07) is 8.62. The number of alkyl halides is 4. The molecule has 46 heavy (non-hydrogen) atoms. The molecule has 1 saturated carbocycles. The van der Waals surface area contributed by atoms with E-state index in [2.05, 4.69) is 14.6 Å². The molecule has 0 saturated heterocycles. The zero-order chi connectivity index (χ0) is 34.3. The van der Waals surface area contributed by atoms with Gasteiger partial charge in [0.1, 0.15) is 12.3 Å². The second kappa shape index (κ2) is 12.5. The van der Waals surface area contributed by atoms with Crippen LogP contribution in [-0.4, -0.2) is 91.0 Å². The second-order valence-electron chi connectivity index (χ2n) is 11.6. The third-order valence-electron chi connectivity index (χ3n) is 7.85. The molecule has 1 atom stereocenters. The van der Waals surface area contributed by atoms with Crippen LogP contribution in [0.25, 0.3) is 0 Å². The van der Waals surface area contributed by atoms with Crippen LogP contribution in [0.2, 0.25) is 0 Å². The highest BCUT2D eigenvalue weighted by Crippen LogP contribution is 2.49. The lowest BCUT2D eigenvalue weighted by Gasteiger charge is -2.35. The van der Waals surface area contributed by atoms with Gasteiger partial charge in [-0.15, -0.1) is 0 Å². The Kier molecular flexibility index (Phi) is 9.61. The predicted octanol–water partition coefficient (Wildman–Crippen LogP) is 2.12. The normalized spacial score (nSPS) is 17.3. The Hall–Kier alpha value is -3.60. The summed E-state index contributed by atoms with van der Waals surface area (Å²) in [7, 11) is -8.76. The fraction of sp³-hybridized carbons (Fsp3) is 0.556. The van der Waals surface area contributed by atoms with Gasteiger partial charge in [-0.3, -0.25) is 18.5 Å². The lowest BCUT2D eigenvalue weighted by molar-refractivity contribution is -0.0827. The van der Waals surface area contributed by atoms with Gasteiger partial charge >= 0.3 is 15.6 Å². The molecule has 1 fully saturated rings. The Morgan fingerprint density at radius 1 is 1.17 bits per heavy atom. The van der Waals surface area contributed by atoms with Gasteiger partial charge in [-0.1, -0.05) is 12.1 Å². The van der Waals surface area contributed by atoms with E-state index in [4.69, 9.17) is 10.00 Å². The number of nitrogens with one attached hydrogen (secondary N) is 1. The minimum Gasteiger partial charge on any atom is -0.347 e. The van der Waals surface area contributed by atoms with E-state index in [9.17, 15) is 44.0 Å². The molecule has 0 spiro atoms. The highest BCUT2D eigenvalue weighted by atomic mass is 32.2. The summed E-state index contributed by atoms with van der Waals surface area (Å²) in [4.78, 5) is 27.8. The Labute approximate surface area is 262 Å². The van der Waals surface area contributed by atoms with Gasteiger partial charge < -0.3 is 15.0 Å². The van der Waals surface area contributed by atoms with Crippen molar-refractivity contribution in [1.82, 2.24) is 20.0 Å². The van der Waals surface area contributed by atoms with Gasteiger partial charge in [0.15, 0.2) is 15.5 Å². The number of nitriles is 1. The Bertz CT molecular complexity index is 1760. The number of nitrogens with zero attached hydrogens (tertiary/aromatic N) is 4. The van der Waals surface area contributed by atoms with Crippen LogP contribution in [0.5, 0.6) is 0 Å². The van der Waals surface area contributed by atoms with Crippen LogP contribution in [0.1, 0.15) is 64.4 Å². The summed E-state index contributed by atoms with van der Waals surface area (Å²) in [5, 5.41) is 15.9. The van der Waals surface area contributed by atoms with E-state index in [1.165, 1.54) is 30.5 Å². The SMILES string of the molecule is Cn1nc(C(=O)NCc2ccc(C#N)cc2)c2c1C(=O)N(CC1(S(=O)(=O)C(C)(C)COC(F)COS(=O)(=O)C(F)(F)F)CC1)CC2. The summed E-state index contributed by atoms with van der Waals surface area (Å²) in [6.07, 6.45) is -2.11. The van der Waals surface area contributed by atoms with Crippen LogP contribution in [0, 0.1) is 11.3 Å². The van der Waals surface area contributed by atoms with E-state index < -0.39 is 66.3 Å². The Balaban J connectivity index is 1.40. The van der Waals surface area contributed by atoms with Gasteiger partial charge in [-0.2, -0.15) is 31.9 Å². The molecule has 4 rings (SSSR count). The van der Waals surface area contributed by atoms with Crippen molar-refractivity contribution in [3.63, 3.8) is 0 Å². The highest BCUT2D eigenvalue weighted by molar-refractivity contribution is 7.94. The summed E-state index contributed by atoms with van der Waals surface area (Å²) in [5.74, 6) is -1.05. The van der Waals surface area contributed by atoms with Crippen molar-refractivity contribution in [2.24, 2.45) is 7.05 Å². The lowest BCUT2D eigenvalue weighted by Crippen LogP contribution is -2.52. The van der Waals surface area contributed by atoms with Crippen LogP contribution in [-0.2, 0) is 48.9 Å². The number of fused-ring (bicyclic) bond motifs is 1. The van der Waals surface area contributed by atoms with E-state index in [0.29, 0.717) is 11.1 Å². The van der Waals surface area contributed by atoms with Gasteiger partial charge in [0.25, 0.3) is 11.8 Å². The molecule has 1 aliphatic heterocycles. The molecule has 1 aliphatic carbocycles. The smallest absolute Gasteiger partial charge is 0.347 e. The fourth-order valence-corrected chi connectivity index (χ4v) is 7.86. The van der Waals surface area contributed by atoms with E-state index in [1.54, 1.807) is 24.3 Å². The summed E-state index contributed by atoms with van der Waals surface area (Å²) < 4.78 is 107. The predicted molar refractivity (Wildman–Crippen MR) is 152 cm³/mol. The topological polar surface area (TPSA) is 178 Å². The molecule has 0 bridgehead atoms. The van der Waals surface area contributed by atoms with Crippen LogP contribution in [0.3, 0.4) is 0 Å². The fourth-order valence-electron chi connectivity index (χ4n) is 5.08. The van der Waals surface area contributed by atoms with Crippen LogP contribution in [0.15, 0.2) is 24.3 Å². The molecular formula is C27H31F4N5O8S2. The number of aryl methyl sites for hydroxylation is 1. The second-order valence-corrected chi connectivity index (χ2v) is 16.2. The van der Waals surface area contributed by atoms with Crippen molar-refractivity contribution >= 4 is 31.8 Å². The van der Waals surface area contributed by atoms with Crippen molar-refractivity contribution in [2.45, 2.75) is 61.0 Å². The molecule has 1 unspecified atom stereocenters. The number of carbonyl (C=O) groups excluding carboxylic acids is 2. The van der Waals surface area contributed by atoms with Gasteiger partial charge in [0.05, 0.1) is 27.7 Å². The molecule has 1 aromatic carbocycles. The number of benzene rings is 1. The number of aromatic nitrogens is 2. The number of halogens is 4. The Morgan fingerprint density at radius 2 is 1.80 bits per heavy atom. The van der Waals surface area contributed by atoms with Gasteiger partial charge in [-0.05, 0) is 50.8 Å². The minimum atomic E-state index is -6.07.